The van der Waals surface area contributed by atoms with Gasteiger partial charge in [-0.1, -0.05) is 51.8 Å². The Labute approximate surface area is 155 Å². The summed E-state index contributed by atoms with van der Waals surface area (Å²) < 4.78 is 0.698. The van der Waals surface area contributed by atoms with Crippen molar-refractivity contribution in [2.24, 2.45) is 0 Å². The van der Waals surface area contributed by atoms with Crippen LogP contribution in [0, 0.1) is 30.9 Å². The molecule has 0 saturated heterocycles. The highest BCUT2D eigenvalue weighted by molar-refractivity contribution is 9.10. The van der Waals surface area contributed by atoms with Gasteiger partial charge in [-0.2, -0.15) is 0 Å². The molecule has 0 fully saturated rings. The Morgan fingerprint density at radius 3 is 2.16 bits per heavy atom. The number of nitro groups is 1. The zero-order chi connectivity index (χ0) is 18.1. The standard InChI is InChI=1S/C21H18BrNO2/c1-13-9-14(2)21(15(3)10-13)17-6-4-5-16(11-17)19-8-7-18(22)12-20(19)23(24)25/h4-12H,1-3H3. The molecule has 4 heteroatoms. The molecular formula is C21H18BrNO2. The van der Waals surface area contributed by atoms with Crippen LogP contribution in [-0.4, -0.2) is 4.92 Å². The molecule has 0 atom stereocenters. The van der Waals surface area contributed by atoms with Gasteiger partial charge >= 0.3 is 0 Å². The highest BCUT2D eigenvalue weighted by Crippen LogP contribution is 2.36. The van der Waals surface area contributed by atoms with Crippen LogP contribution in [0.2, 0.25) is 0 Å². The minimum Gasteiger partial charge on any atom is -0.258 e. The molecule has 0 aliphatic carbocycles. The summed E-state index contributed by atoms with van der Waals surface area (Å²) in [4.78, 5) is 11.1. The molecular weight excluding hydrogens is 378 g/mol. The third-order valence-corrected chi connectivity index (χ3v) is 4.79. The van der Waals surface area contributed by atoms with Gasteiger partial charge in [-0.25, -0.2) is 0 Å². The van der Waals surface area contributed by atoms with E-state index in [1.807, 2.05) is 24.3 Å². The van der Waals surface area contributed by atoms with E-state index >= 15 is 0 Å². The second-order valence-corrected chi connectivity index (χ2v) is 7.19. The quantitative estimate of drug-likeness (QED) is 0.369. The van der Waals surface area contributed by atoms with Gasteiger partial charge in [0.05, 0.1) is 10.5 Å². The monoisotopic (exact) mass is 395 g/mol. The smallest absolute Gasteiger partial charge is 0.258 e. The third-order valence-electron chi connectivity index (χ3n) is 4.30. The average Bonchev–Trinajstić information content (AvgIpc) is 2.54. The lowest BCUT2D eigenvalue weighted by Gasteiger charge is -2.13. The van der Waals surface area contributed by atoms with Crippen LogP contribution in [0.25, 0.3) is 22.3 Å². The lowest BCUT2D eigenvalue weighted by molar-refractivity contribution is -0.384. The molecule has 3 aromatic rings. The molecule has 0 unspecified atom stereocenters. The molecule has 0 spiro atoms. The predicted octanol–water partition coefficient (Wildman–Crippen LogP) is 6.62. The van der Waals surface area contributed by atoms with Crippen LogP contribution in [0.1, 0.15) is 16.7 Å². The molecule has 3 nitrogen and oxygen atoms in total. The summed E-state index contributed by atoms with van der Waals surface area (Å²) in [6, 6.07) is 17.4. The van der Waals surface area contributed by atoms with E-state index < -0.39 is 0 Å². The number of rotatable bonds is 3. The topological polar surface area (TPSA) is 43.1 Å². The lowest BCUT2D eigenvalue weighted by atomic mass is 9.91. The van der Waals surface area contributed by atoms with Gasteiger partial charge in [0.2, 0.25) is 0 Å². The van der Waals surface area contributed by atoms with Gasteiger partial charge in [-0.15, -0.1) is 0 Å². The second kappa shape index (κ2) is 6.81. The number of nitrogens with zero attached hydrogens (tertiary/aromatic N) is 1. The first-order valence-corrected chi connectivity index (χ1v) is 8.78. The summed E-state index contributed by atoms with van der Waals surface area (Å²) in [5.41, 5.74) is 7.48. The van der Waals surface area contributed by atoms with Crippen LogP contribution in [0.4, 0.5) is 5.69 Å². The molecule has 0 amide bonds. The highest BCUT2D eigenvalue weighted by atomic mass is 79.9. The molecule has 3 aromatic carbocycles. The van der Waals surface area contributed by atoms with Crippen molar-refractivity contribution in [3.63, 3.8) is 0 Å². The summed E-state index contributed by atoms with van der Waals surface area (Å²) in [7, 11) is 0. The molecule has 0 heterocycles. The summed E-state index contributed by atoms with van der Waals surface area (Å²) in [6.45, 7) is 6.29. The average molecular weight is 396 g/mol. The molecule has 0 bridgehead atoms. The first-order valence-electron chi connectivity index (χ1n) is 7.99. The summed E-state index contributed by atoms with van der Waals surface area (Å²) in [5, 5.41) is 11.4. The number of benzene rings is 3. The zero-order valence-electron chi connectivity index (χ0n) is 14.3. The highest BCUT2D eigenvalue weighted by Gasteiger charge is 2.16. The SMILES string of the molecule is Cc1cc(C)c(-c2cccc(-c3ccc(Br)cc3[N+](=O)[O-])c2)c(C)c1. The fraction of sp³-hybridized carbons (Fsp3) is 0.143. The Morgan fingerprint density at radius 2 is 1.52 bits per heavy atom. The van der Waals surface area contributed by atoms with Gasteiger partial charge < -0.3 is 0 Å². The van der Waals surface area contributed by atoms with Crippen LogP contribution in [0.5, 0.6) is 0 Å². The van der Waals surface area contributed by atoms with Gasteiger partial charge in [-0.05, 0) is 66.8 Å². The van der Waals surface area contributed by atoms with E-state index in [9.17, 15) is 10.1 Å². The maximum absolute atomic E-state index is 11.4. The first-order chi connectivity index (χ1) is 11.9. The summed E-state index contributed by atoms with van der Waals surface area (Å²) >= 11 is 3.31. The molecule has 0 aliphatic heterocycles. The Hall–Kier alpha value is -2.46. The largest absolute Gasteiger partial charge is 0.278 e. The van der Waals surface area contributed by atoms with E-state index in [1.165, 1.54) is 22.3 Å². The van der Waals surface area contributed by atoms with Gasteiger partial charge in [0.15, 0.2) is 0 Å². The van der Waals surface area contributed by atoms with E-state index in [1.54, 1.807) is 12.1 Å². The molecule has 0 N–H and O–H groups in total. The van der Waals surface area contributed by atoms with E-state index in [4.69, 9.17) is 0 Å². The Morgan fingerprint density at radius 1 is 0.880 bits per heavy atom. The van der Waals surface area contributed by atoms with Gasteiger partial charge in [0, 0.05) is 10.5 Å². The van der Waals surface area contributed by atoms with Gasteiger partial charge in [0.1, 0.15) is 0 Å². The molecule has 0 aromatic heterocycles. The van der Waals surface area contributed by atoms with E-state index in [-0.39, 0.29) is 10.6 Å². The first kappa shape index (κ1) is 17.4. The van der Waals surface area contributed by atoms with Crippen LogP contribution in [0.3, 0.4) is 0 Å². The minimum absolute atomic E-state index is 0.101. The second-order valence-electron chi connectivity index (χ2n) is 6.27. The van der Waals surface area contributed by atoms with Crippen molar-refractivity contribution in [2.75, 3.05) is 0 Å². The third kappa shape index (κ3) is 3.49. The van der Waals surface area contributed by atoms with Crippen LogP contribution >= 0.6 is 15.9 Å². The van der Waals surface area contributed by atoms with Crippen LogP contribution in [0.15, 0.2) is 59.1 Å². The number of nitro benzene ring substituents is 1. The Bertz CT molecular complexity index is 956. The number of halogens is 1. The maximum atomic E-state index is 11.4. The molecule has 0 radical (unpaired) electrons. The minimum atomic E-state index is -0.338. The summed E-state index contributed by atoms with van der Waals surface area (Å²) in [5.74, 6) is 0. The number of aryl methyl sites for hydroxylation is 3. The van der Waals surface area contributed by atoms with Crippen LogP contribution < -0.4 is 0 Å². The van der Waals surface area contributed by atoms with Crippen molar-refractivity contribution in [1.82, 2.24) is 0 Å². The van der Waals surface area contributed by atoms with Crippen molar-refractivity contribution >= 4 is 21.6 Å². The maximum Gasteiger partial charge on any atom is 0.278 e. The summed E-state index contributed by atoms with van der Waals surface area (Å²) in [6.07, 6.45) is 0. The van der Waals surface area contributed by atoms with E-state index in [2.05, 4.69) is 54.9 Å². The predicted molar refractivity (Wildman–Crippen MR) is 106 cm³/mol. The lowest BCUT2D eigenvalue weighted by Crippen LogP contribution is -1.93. The molecule has 126 valence electrons. The molecule has 0 aliphatic rings. The molecule has 25 heavy (non-hydrogen) atoms. The van der Waals surface area contributed by atoms with Crippen molar-refractivity contribution < 1.29 is 4.92 Å². The van der Waals surface area contributed by atoms with Crippen molar-refractivity contribution in [2.45, 2.75) is 20.8 Å². The van der Waals surface area contributed by atoms with E-state index in [0.717, 1.165) is 11.1 Å². The fourth-order valence-corrected chi connectivity index (χ4v) is 3.73. The normalized spacial score (nSPS) is 10.7. The number of hydrogen-bond acceptors (Lipinski definition) is 2. The Balaban J connectivity index is 2.18. The molecule has 3 rings (SSSR count). The fourth-order valence-electron chi connectivity index (χ4n) is 3.38. The Kier molecular flexibility index (Phi) is 4.73. The zero-order valence-corrected chi connectivity index (χ0v) is 15.9. The van der Waals surface area contributed by atoms with Crippen molar-refractivity contribution in [1.29, 1.82) is 0 Å². The number of hydrogen-bond donors (Lipinski definition) is 0. The van der Waals surface area contributed by atoms with Gasteiger partial charge in [0.25, 0.3) is 5.69 Å². The van der Waals surface area contributed by atoms with Crippen molar-refractivity contribution in [3.8, 4) is 22.3 Å². The van der Waals surface area contributed by atoms with Crippen molar-refractivity contribution in [3.05, 3.63) is 85.9 Å². The van der Waals surface area contributed by atoms with Crippen LogP contribution in [-0.2, 0) is 0 Å². The van der Waals surface area contributed by atoms with E-state index in [0.29, 0.717) is 10.0 Å². The molecule has 0 saturated carbocycles. The van der Waals surface area contributed by atoms with Gasteiger partial charge in [-0.3, -0.25) is 10.1 Å².